The first kappa shape index (κ1) is 18.1. The van der Waals surface area contributed by atoms with Crippen molar-refractivity contribution >= 4 is 0 Å². The topological polar surface area (TPSA) is 39.7 Å². The lowest BCUT2D eigenvalue weighted by molar-refractivity contribution is 0.313. The van der Waals surface area contributed by atoms with Crippen LogP contribution in [0, 0.1) is 0 Å². The molecule has 0 fully saturated rings. The van der Waals surface area contributed by atoms with Crippen molar-refractivity contribution in [1.82, 2.24) is 5.32 Å². The third-order valence-electron chi connectivity index (χ3n) is 3.79. The normalized spacial score (nSPS) is 10.5. The van der Waals surface area contributed by atoms with E-state index in [1.54, 1.807) is 14.2 Å². The van der Waals surface area contributed by atoms with Gasteiger partial charge in [-0.05, 0) is 43.1 Å². The van der Waals surface area contributed by atoms with Gasteiger partial charge in [0.1, 0.15) is 5.75 Å². The van der Waals surface area contributed by atoms with E-state index in [9.17, 15) is 0 Å². The molecule has 0 bridgehead atoms. The van der Waals surface area contributed by atoms with Crippen LogP contribution in [0.25, 0.3) is 0 Å². The molecule has 0 aromatic heterocycles. The quantitative estimate of drug-likeness (QED) is 0.673. The second-order valence-electron chi connectivity index (χ2n) is 5.57. The molecule has 0 unspecified atom stereocenters. The van der Waals surface area contributed by atoms with Crippen LogP contribution in [-0.2, 0) is 13.0 Å². The van der Waals surface area contributed by atoms with Gasteiger partial charge in [0.05, 0.1) is 20.8 Å². The van der Waals surface area contributed by atoms with Crippen molar-refractivity contribution in [3.05, 3.63) is 53.6 Å². The van der Waals surface area contributed by atoms with Crippen LogP contribution in [0.1, 0.15) is 24.5 Å². The Morgan fingerprint density at radius 1 is 0.917 bits per heavy atom. The van der Waals surface area contributed by atoms with E-state index in [1.165, 1.54) is 11.1 Å². The summed E-state index contributed by atoms with van der Waals surface area (Å²) in [5.41, 5.74) is 2.41. The van der Waals surface area contributed by atoms with E-state index in [0.29, 0.717) is 0 Å². The van der Waals surface area contributed by atoms with Gasteiger partial charge >= 0.3 is 0 Å². The molecule has 0 heterocycles. The van der Waals surface area contributed by atoms with Gasteiger partial charge in [-0.3, -0.25) is 0 Å². The number of methoxy groups -OCH3 is 2. The first-order chi connectivity index (χ1) is 11.8. The fourth-order valence-corrected chi connectivity index (χ4v) is 2.49. The average Bonchev–Trinajstić information content (AvgIpc) is 2.64. The minimum Gasteiger partial charge on any atom is -0.493 e. The van der Waals surface area contributed by atoms with Crippen molar-refractivity contribution in [2.45, 2.75) is 26.3 Å². The van der Waals surface area contributed by atoms with Crippen LogP contribution in [0.4, 0.5) is 0 Å². The summed E-state index contributed by atoms with van der Waals surface area (Å²) in [6.45, 7) is 4.55. The average molecular weight is 329 g/mol. The van der Waals surface area contributed by atoms with Crippen molar-refractivity contribution in [3.8, 4) is 17.2 Å². The summed E-state index contributed by atoms with van der Waals surface area (Å²) in [7, 11) is 3.31. The smallest absolute Gasteiger partial charge is 0.160 e. The van der Waals surface area contributed by atoms with Gasteiger partial charge < -0.3 is 19.5 Å². The Morgan fingerprint density at radius 2 is 1.71 bits per heavy atom. The molecule has 0 atom stereocenters. The van der Waals surface area contributed by atoms with Crippen LogP contribution in [0.2, 0.25) is 0 Å². The maximum absolute atomic E-state index is 5.79. The highest BCUT2D eigenvalue weighted by molar-refractivity contribution is 5.43. The molecule has 0 saturated heterocycles. The third-order valence-corrected chi connectivity index (χ3v) is 3.79. The lowest BCUT2D eigenvalue weighted by Crippen LogP contribution is -2.17. The van der Waals surface area contributed by atoms with E-state index < -0.39 is 0 Å². The van der Waals surface area contributed by atoms with Crippen molar-refractivity contribution < 1.29 is 14.2 Å². The van der Waals surface area contributed by atoms with Gasteiger partial charge in [0.2, 0.25) is 0 Å². The first-order valence-corrected chi connectivity index (χ1v) is 8.40. The zero-order chi connectivity index (χ0) is 17.2. The molecule has 130 valence electrons. The summed E-state index contributed by atoms with van der Waals surface area (Å²) in [5.74, 6) is 2.50. The Hall–Kier alpha value is -2.20. The van der Waals surface area contributed by atoms with E-state index in [4.69, 9.17) is 14.2 Å². The third kappa shape index (κ3) is 5.17. The fraction of sp³-hybridized carbons (Fsp3) is 0.400. The van der Waals surface area contributed by atoms with E-state index in [1.807, 2.05) is 30.3 Å². The number of ether oxygens (including phenoxy) is 3. The summed E-state index contributed by atoms with van der Waals surface area (Å²) in [4.78, 5) is 0. The van der Waals surface area contributed by atoms with Gasteiger partial charge in [0.15, 0.2) is 11.5 Å². The molecule has 0 aliphatic rings. The highest BCUT2D eigenvalue weighted by atomic mass is 16.5. The second-order valence-corrected chi connectivity index (χ2v) is 5.57. The molecule has 0 spiro atoms. The summed E-state index contributed by atoms with van der Waals surface area (Å²) >= 11 is 0. The second kappa shape index (κ2) is 9.83. The Bertz CT molecular complexity index is 628. The zero-order valence-electron chi connectivity index (χ0n) is 14.8. The first-order valence-electron chi connectivity index (χ1n) is 8.40. The molecule has 2 aromatic rings. The largest absolute Gasteiger partial charge is 0.493 e. The minimum absolute atomic E-state index is 0.753. The summed E-state index contributed by atoms with van der Waals surface area (Å²) in [6, 6.07) is 14.2. The van der Waals surface area contributed by atoms with Crippen LogP contribution in [0.3, 0.4) is 0 Å². The van der Waals surface area contributed by atoms with Crippen molar-refractivity contribution in [1.29, 1.82) is 0 Å². The molecular formula is C20H27NO3. The lowest BCUT2D eigenvalue weighted by atomic mass is 10.1. The highest BCUT2D eigenvalue weighted by Crippen LogP contribution is 2.27. The molecule has 4 nitrogen and oxygen atoms in total. The predicted molar refractivity (Wildman–Crippen MR) is 97.2 cm³/mol. The maximum atomic E-state index is 5.79. The Balaban J connectivity index is 1.85. The molecule has 0 aliphatic carbocycles. The number of benzene rings is 2. The van der Waals surface area contributed by atoms with Crippen LogP contribution >= 0.6 is 0 Å². The Morgan fingerprint density at radius 3 is 2.46 bits per heavy atom. The summed E-state index contributed by atoms with van der Waals surface area (Å²) in [6.07, 6.45) is 1.94. The fourth-order valence-electron chi connectivity index (χ4n) is 2.49. The Kier molecular flexibility index (Phi) is 7.43. The van der Waals surface area contributed by atoms with E-state index in [-0.39, 0.29) is 0 Å². The van der Waals surface area contributed by atoms with Crippen LogP contribution in [-0.4, -0.2) is 27.4 Å². The van der Waals surface area contributed by atoms with Gasteiger partial charge in [-0.25, -0.2) is 0 Å². The number of para-hydroxylation sites is 1. The molecule has 4 heteroatoms. The standard InChI is InChI=1S/C20H27NO3/c1-4-13-24-18-8-6-5-7-17(18)15-21-12-11-16-9-10-19(22-2)20(14-16)23-3/h5-10,14,21H,4,11-13,15H2,1-3H3. The van der Waals surface area contributed by atoms with Gasteiger partial charge in [-0.15, -0.1) is 0 Å². The monoisotopic (exact) mass is 329 g/mol. The SMILES string of the molecule is CCCOc1ccccc1CNCCc1ccc(OC)c(OC)c1. The molecule has 1 N–H and O–H groups in total. The molecule has 0 radical (unpaired) electrons. The summed E-state index contributed by atoms with van der Waals surface area (Å²) in [5, 5.41) is 3.48. The van der Waals surface area contributed by atoms with Crippen molar-refractivity contribution in [3.63, 3.8) is 0 Å². The van der Waals surface area contributed by atoms with Gasteiger partial charge in [0.25, 0.3) is 0 Å². The Labute approximate surface area is 144 Å². The van der Waals surface area contributed by atoms with Crippen LogP contribution < -0.4 is 19.5 Å². The van der Waals surface area contributed by atoms with Gasteiger partial charge in [-0.2, -0.15) is 0 Å². The van der Waals surface area contributed by atoms with E-state index in [2.05, 4.69) is 24.4 Å². The molecule has 2 rings (SSSR count). The molecule has 0 saturated carbocycles. The van der Waals surface area contributed by atoms with Crippen molar-refractivity contribution in [2.24, 2.45) is 0 Å². The highest BCUT2D eigenvalue weighted by Gasteiger charge is 2.05. The number of nitrogens with one attached hydrogen (secondary N) is 1. The lowest BCUT2D eigenvalue weighted by Gasteiger charge is -2.12. The van der Waals surface area contributed by atoms with Gasteiger partial charge in [-0.1, -0.05) is 31.2 Å². The number of hydrogen-bond donors (Lipinski definition) is 1. The number of rotatable bonds is 10. The van der Waals surface area contributed by atoms with Gasteiger partial charge in [0, 0.05) is 12.1 Å². The maximum Gasteiger partial charge on any atom is 0.160 e. The van der Waals surface area contributed by atoms with Crippen molar-refractivity contribution in [2.75, 3.05) is 27.4 Å². The van der Waals surface area contributed by atoms with E-state index >= 15 is 0 Å². The van der Waals surface area contributed by atoms with E-state index in [0.717, 1.165) is 49.8 Å². The zero-order valence-corrected chi connectivity index (χ0v) is 14.8. The molecule has 0 aliphatic heterocycles. The van der Waals surface area contributed by atoms with Crippen LogP contribution in [0.15, 0.2) is 42.5 Å². The molecule has 24 heavy (non-hydrogen) atoms. The number of hydrogen-bond acceptors (Lipinski definition) is 4. The minimum atomic E-state index is 0.753. The predicted octanol–water partition coefficient (Wildman–Crippen LogP) is 3.82. The molecule has 0 amide bonds. The summed E-state index contributed by atoms with van der Waals surface area (Å²) < 4.78 is 16.4. The molecule has 2 aromatic carbocycles. The van der Waals surface area contributed by atoms with Crippen LogP contribution in [0.5, 0.6) is 17.2 Å². The molecular weight excluding hydrogens is 302 g/mol.